The summed E-state index contributed by atoms with van der Waals surface area (Å²) < 4.78 is 6.73. The average molecular weight is 319 g/mol. The van der Waals surface area contributed by atoms with Crippen LogP contribution in [0.4, 0.5) is 4.79 Å². The first-order valence-electron chi connectivity index (χ1n) is 7.21. The summed E-state index contributed by atoms with van der Waals surface area (Å²) in [6.07, 6.45) is 4.59. The van der Waals surface area contributed by atoms with Crippen molar-refractivity contribution in [1.29, 1.82) is 0 Å². The van der Waals surface area contributed by atoms with Gasteiger partial charge in [0.05, 0.1) is 13.7 Å². The van der Waals surface area contributed by atoms with Gasteiger partial charge in [0.1, 0.15) is 12.0 Å². The van der Waals surface area contributed by atoms with Crippen LogP contribution in [0.2, 0.25) is 0 Å². The van der Waals surface area contributed by atoms with E-state index in [4.69, 9.17) is 4.74 Å². The Labute approximate surface area is 133 Å². The van der Waals surface area contributed by atoms with Crippen LogP contribution >= 0.6 is 0 Å². The fourth-order valence-corrected chi connectivity index (χ4v) is 2.36. The number of dihydropyridines is 1. The predicted molar refractivity (Wildman–Crippen MR) is 83.2 cm³/mol. The molecule has 1 unspecified atom stereocenters. The van der Waals surface area contributed by atoms with E-state index in [1.165, 1.54) is 23.9 Å². The molecule has 0 bridgehead atoms. The van der Waals surface area contributed by atoms with Crippen molar-refractivity contribution < 1.29 is 23.7 Å². The zero-order valence-corrected chi connectivity index (χ0v) is 13.1. The van der Waals surface area contributed by atoms with E-state index in [1.807, 2.05) is 0 Å². The van der Waals surface area contributed by atoms with E-state index >= 15 is 0 Å². The number of urea groups is 1. The minimum Gasteiger partial charge on any atom is -0.497 e. The van der Waals surface area contributed by atoms with Crippen molar-refractivity contribution in [2.45, 2.75) is 6.92 Å². The Morgan fingerprint density at radius 1 is 1.57 bits per heavy atom. The van der Waals surface area contributed by atoms with E-state index in [0.717, 1.165) is 4.90 Å². The highest BCUT2D eigenvalue weighted by molar-refractivity contribution is 6.16. The maximum absolute atomic E-state index is 12.7. The summed E-state index contributed by atoms with van der Waals surface area (Å²) in [6, 6.07) is -0.593. The van der Waals surface area contributed by atoms with E-state index in [-0.39, 0.29) is 13.1 Å². The van der Waals surface area contributed by atoms with Gasteiger partial charge in [-0.3, -0.25) is 9.59 Å². The molecule has 0 spiro atoms. The van der Waals surface area contributed by atoms with E-state index < -0.39 is 23.8 Å². The summed E-state index contributed by atoms with van der Waals surface area (Å²) in [5, 5.41) is 2.54. The van der Waals surface area contributed by atoms with Crippen molar-refractivity contribution >= 4 is 29.9 Å². The lowest BCUT2D eigenvalue weighted by molar-refractivity contribution is -0.408. The highest BCUT2D eigenvalue weighted by atomic mass is 16.5. The Bertz CT molecular complexity index is 648. The third-order valence-corrected chi connectivity index (χ3v) is 3.42. The summed E-state index contributed by atoms with van der Waals surface area (Å²) in [7, 11) is 1.51. The van der Waals surface area contributed by atoms with Crippen LogP contribution in [0.3, 0.4) is 0 Å². The molecule has 1 atom stereocenters. The minimum atomic E-state index is -0.810. The van der Waals surface area contributed by atoms with Gasteiger partial charge in [-0.15, -0.1) is 11.6 Å². The van der Waals surface area contributed by atoms with Gasteiger partial charge in [0, 0.05) is 12.6 Å². The fraction of sp³-hybridized carbons (Fsp3) is 0.400. The van der Waals surface area contributed by atoms with Gasteiger partial charge in [-0.25, -0.2) is 4.79 Å². The average Bonchev–Trinajstić information content (AvgIpc) is 2.55. The summed E-state index contributed by atoms with van der Waals surface area (Å²) in [4.78, 5) is 41.9. The Hall–Kier alpha value is -2.77. The summed E-state index contributed by atoms with van der Waals surface area (Å²) >= 11 is 0. The van der Waals surface area contributed by atoms with Crippen LogP contribution in [0, 0.1) is 5.92 Å². The van der Waals surface area contributed by atoms with Gasteiger partial charge in [-0.1, -0.05) is 6.08 Å². The van der Waals surface area contributed by atoms with Crippen molar-refractivity contribution in [3.8, 4) is 0 Å². The summed E-state index contributed by atoms with van der Waals surface area (Å²) in [5.41, 5.74) is 0. The highest BCUT2D eigenvalue weighted by Crippen LogP contribution is 2.24. The van der Waals surface area contributed by atoms with Crippen LogP contribution in [0.5, 0.6) is 0 Å². The number of aliphatic imine (C=N–C) groups is 1. The second kappa shape index (κ2) is 6.99. The molecule has 0 saturated carbocycles. The molecule has 2 rings (SSSR count). The van der Waals surface area contributed by atoms with Gasteiger partial charge in [-0.2, -0.15) is 9.48 Å². The molecule has 2 heterocycles. The SMILES string of the molecule is C=CCNC(=O)CN1C(=O)C2C(OCC)=CC=NC2=[N+](C)C1=O. The molecular weight excluding hydrogens is 300 g/mol. The van der Waals surface area contributed by atoms with Crippen LogP contribution in [0.25, 0.3) is 0 Å². The van der Waals surface area contributed by atoms with E-state index in [0.29, 0.717) is 18.2 Å². The molecule has 0 aliphatic carbocycles. The van der Waals surface area contributed by atoms with Gasteiger partial charge >= 0.3 is 11.9 Å². The number of amidine groups is 1. The van der Waals surface area contributed by atoms with Gasteiger partial charge in [-0.05, 0) is 6.92 Å². The molecular formula is C15H19N4O4+. The van der Waals surface area contributed by atoms with Crippen molar-refractivity contribution in [1.82, 2.24) is 10.2 Å². The lowest BCUT2D eigenvalue weighted by Crippen LogP contribution is -2.56. The molecule has 0 aromatic heterocycles. The number of ether oxygens (including phenoxy) is 1. The van der Waals surface area contributed by atoms with Crippen LogP contribution in [0.1, 0.15) is 6.92 Å². The van der Waals surface area contributed by atoms with E-state index in [2.05, 4.69) is 16.9 Å². The smallest absolute Gasteiger partial charge is 0.446 e. The molecule has 8 heteroatoms. The van der Waals surface area contributed by atoms with Gasteiger partial charge in [0.15, 0.2) is 12.5 Å². The Balaban J connectivity index is 2.29. The third kappa shape index (κ3) is 3.20. The van der Waals surface area contributed by atoms with Crippen molar-refractivity contribution in [2.75, 3.05) is 26.7 Å². The number of imide groups is 1. The van der Waals surface area contributed by atoms with Gasteiger partial charge < -0.3 is 10.1 Å². The first-order valence-corrected chi connectivity index (χ1v) is 7.21. The molecule has 8 nitrogen and oxygen atoms in total. The molecule has 4 amide bonds. The molecule has 0 radical (unpaired) electrons. The molecule has 0 saturated heterocycles. The molecule has 23 heavy (non-hydrogen) atoms. The number of nitrogens with zero attached hydrogens (tertiary/aromatic N) is 3. The minimum absolute atomic E-state index is 0.264. The second-order valence-electron chi connectivity index (χ2n) is 4.93. The molecule has 122 valence electrons. The van der Waals surface area contributed by atoms with Crippen molar-refractivity contribution in [2.24, 2.45) is 10.9 Å². The van der Waals surface area contributed by atoms with Crippen molar-refractivity contribution in [3.05, 3.63) is 24.5 Å². The molecule has 2 aliphatic rings. The number of carbonyl (C=O) groups excluding carboxylic acids is 3. The highest BCUT2D eigenvalue weighted by Gasteiger charge is 2.50. The number of carbonyl (C=O) groups is 3. The van der Waals surface area contributed by atoms with Crippen LogP contribution in [-0.2, 0) is 14.3 Å². The quantitative estimate of drug-likeness (QED) is 0.547. The zero-order valence-electron chi connectivity index (χ0n) is 13.1. The number of amides is 4. The first-order chi connectivity index (χ1) is 11.0. The zero-order chi connectivity index (χ0) is 17.0. The third-order valence-electron chi connectivity index (χ3n) is 3.42. The maximum atomic E-state index is 12.7. The van der Waals surface area contributed by atoms with Crippen LogP contribution in [0.15, 0.2) is 29.5 Å². The number of fused-ring (bicyclic) bond motifs is 1. The monoisotopic (exact) mass is 319 g/mol. The maximum Gasteiger partial charge on any atom is 0.446 e. The van der Waals surface area contributed by atoms with Gasteiger partial charge in [0.25, 0.3) is 11.7 Å². The molecule has 1 N–H and O–H groups in total. The molecule has 0 fully saturated rings. The van der Waals surface area contributed by atoms with Gasteiger partial charge in [0.2, 0.25) is 0 Å². The second-order valence-corrected chi connectivity index (χ2v) is 4.93. The number of hydrogen-bond acceptors (Lipinski definition) is 5. The van der Waals surface area contributed by atoms with E-state index in [1.54, 1.807) is 13.0 Å². The first kappa shape index (κ1) is 16.6. The van der Waals surface area contributed by atoms with E-state index in [9.17, 15) is 14.4 Å². The number of hydrogen-bond donors (Lipinski definition) is 1. The molecule has 2 aliphatic heterocycles. The largest absolute Gasteiger partial charge is 0.497 e. The number of allylic oxidation sites excluding steroid dienone is 1. The van der Waals surface area contributed by atoms with Crippen LogP contribution in [-0.4, -0.2) is 66.1 Å². The Morgan fingerprint density at radius 3 is 2.96 bits per heavy atom. The number of nitrogens with one attached hydrogen (secondary N) is 1. The lowest BCUT2D eigenvalue weighted by atomic mass is 9.99. The summed E-state index contributed by atoms with van der Waals surface area (Å²) in [5.74, 6) is -1.06. The molecule has 0 aromatic carbocycles. The normalized spacial score (nSPS) is 20.2. The Morgan fingerprint density at radius 2 is 2.30 bits per heavy atom. The van der Waals surface area contributed by atoms with Crippen LogP contribution < -0.4 is 5.32 Å². The standard InChI is InChI=1S/C15H18N4O4/c1-4-7-16-11(20)9-19-14(21)12-10(23-5-2)6-8-17-13(12)18(3)15(19)22/h4,6,8,12H,1,5,7,9H2,2-3H3/p+1. The summed E-state index contributed by atoms with van der Waals surface area (Å²) in [6.45, 7) is 5.58. The predicted octanol–water partition coefficient (Wildman–Crippen LogP) is -0.0874. The topological polar surface area (TPSA) is 91.1 Å². The lowest BCUT2D eigenvalue weighted by Gasteiger charge is -2.27. The fourth-order valence-electron chi connectivity index (χ4n) is 2.36. The van der Waals surface area contributed by atoms with Crippen molar-refractivity contribution in [3.63, 3.8) is 0 Å². The number of rotatable bonds is 6. The molecule has 0 aromatic rings. The Kier molecular flexibility index (Phi) is 5.05.